The molecule has 1 nitrogen and oxygen atoms in total. The lowest BCUT2D eigenvalue weighted by atomic mass is 9.80. The van der Waals surface area contributed by atoms with Crippen molar-refractivity contribution in [2.45, 2.75) is 45.1 Å². The van der Waals surface area contributed by atoms with Crippen molar-refractivity contribution in [2.75, 3.05) is 0 Å². The normalized spacial score (nSPS) is 14.7. The Balaban J connectivity index is 2.67. The first-order valence-electron chi connectivity index (χ1n) is 5.51. The molecule has 0 N–H and O–H groups in total. The van der Waals surface area contributed by atoms with Gasteiger partial charge in [0.15, 0.2) is 0 Å². The van der Waals surface area contributed by atoms with Crippen LogP contribution in [0.15, 0.2) is 30.3 Å². The SMILES string of the molecule is CC(CC(C)(C)c1ccccc1)OC(F)(F)F. The molecule has 1 aromatic rings. The summed E-state index contributed by atoms with van der Waals surface area (Å²) in [4.78, 5) is 0. The summed E-state index contributed by atoms with van der Waals surface area (Å²) in [6.07, 6.45) is -5.10. The summed E-state index contributed by atoms with van der Waals surface area (Å²) in [6.45, 7) is 5.27. The highest BCUT2D eigenvalue weighted by atomic mass is 19.4. The first-order chi connectivity index (χ1) is 7.71. The monoisotopic (exact) mass is 246 g/mol. The van der Waals surface area contributed by atoms with Gasteiger partial charge in [-0.05, 0) is 24.3 Å². The predicted molar refractivity (Wildman–Crippen MR) is 60.7 cm³/mol. The summed E-state index contributed by atoms with van der Waals surface area (Å²) in [6, 6.07) is 9.48. The molecule has 0 aliphatic rings. The zero-order chi connectivity index (χ0) is 13.1. The third-order valence-corrected chi connectivity index (χ3v) is 2.69. The van der Waals surface area contributed by atoms with Crippen molar-refractivity contribution in [2.24, 2.45) is 0 Å². The van der Waals surface area contributed by atoms with E-state index in [0.717, 1.165) is 5.56 Å². The second kappa shape index (κ2) is 5.08. The number of benzene rings is 1. The van der Waals surface area contributed by atoms with Gasteiger partial charge in [0.25, 0.3) is 0 Å². The minimum absolute atomic E-state index is 0.316. The van der Waals surface area contributed by atoms with Crippen LogP contribution >= 0.6 is 0 Å². The number of ether oxygens (including phenoxy) is 1. The average Bonchev–Trinajstić information content (AvgIpc) is 2.15. The second-order valence-electron chi connectivity index (χ2n) is 4.83. The average molecular weight is 246 g/mol. The molecule has 0 saturated heterocycles. The van der Waals surface area contributed by atoms with E-state index >= 15 is 0 Å². The first-order valence-corrected chi connectivity index (χ1v) is 5.51. The van der Waals surface area contributed by atoms with E-state index in [4.69, 9.17) is 0 Å². The Morgan fingerprint density at radius 3 is 2.12 bits per heavy atom. The third kappa shape index (κ3) is 4.77. The van der Waals surface area contributed by atoms with E-state index < -0.39 is 12.5 Å². The van der Waals surface area contributed by atoms with Gasteiger partial charge in [-0.3, -0.25) is 4.74 Å². The molecule has 4 heteroatoms. The van der Waals surface area contributed by atoms with E-state index in [1.165, 1.54) is 6.92 Å². The van der Waals surface area contributed by atoms with Gasteiger partial charge >= 0.3 is 6.36 Å². The molecule has 0 spiro atoms. The summed E-state index contributed by atoms with van der Waals surface area (Å²) >= 11 is 0. The van der Waals surface area contributed by atoms with Crippen LogP contribution in [0.25, 0.3) is 0 Å². The summed E-state index contributed by atoms with van der Waals surface area (Å²) < 4.78 is 40.2. The van der Waals surface area contributed by atoms with Crippen LogP contribution in [-0.4, -0.2) is 12.5 Å². The van der Waals surface area contributed by atoms with Crippen LogP contribution in [0.2, 0.25) is 0 Å². The fraction of sp³-hybridized carbons (Fsp3) is 0.538. The fourth-order valence-electron chi connectivity index (χ4n) is 2.00. The van der Waals surface area contributed by atoms with Gasteiger partial charge < -0.3 is 0 Å². The quantitative estimate of drug-likeness (QED) is 0.770. The Labute approximate surface area is 99.6 Å². The predicted octanol–water partition coefficient (Wildman–Crippen LogP) is 4.28. The minimum Gasteiger partial charge on any atom is -0.289 e. The molecule has 1 unspecified atom stereocenters. The van der Waals surface area contributed by atoms with Crippen molar-refractivity contribution < 1.29 is 17.9 Å². The molecule has 0 aliphatic carbocycles. The van der Waals surface area contributed by atoms with Crippen LogP contribution in [0.3, 0.4) is 0 Å². The molecule has 0 aromatic heterocycles. The van der Waals surface area contributed by atoms with E-state index in [-0.39, 0.29) is 5.41 Å². The standard InChI is InChI=1S/C13H17F3O/c1-10(17-13(14,15)16)9-12(2,3)11-7-5-4-6-8-11/h4-8,10H,9H2,1-3H3. The van der Waals surface area contributed by atoms with Crippen molar-refractivity contribution in [3.8, 4) is 0 Å². The Morgan fingerprint density at radius 2 is 1.65 bits per heavy atom. The van der Waals surface area contributed by atoms with Gasteiger partial charge in [-0.2, -0.15) is 0 Å². The molecule has 0 heterocycles. The zero-order valence-electron chi connectivity index (χ0n) is 10.2. The van der Waals surface area contributed by atoms with Crippen LogP contribution in [0.5, 0.6) is 0 Å². The number of hydrogen-bond acceptors (Lipinski definition) is 1. The van der Waals surface area contributed by atoms with Crippen molar-refractivity contribution >= 4 is 0 Å². The third-order valence-electron chi connectivity index (χ3n) is 2.69. The lowest BCUT2D eigenvalue weighted by Crippen LogP contribution is -2.29. The summed E-state index contributed by atoms with van der Waals surface area (Å²) in [5, 5.41) is 0. The number of alkyl halides is 3. The molecule has 0 saturated carbocycles. The van der Waals surface area contributed by atoms with E-state index in [1.807, 2.05) is 44.2 Å². The lowest BCUT2D eigenvalue weighted by Gasteiger charge is -2.29. The second-order valence-corrected chi connectivity index (χ2v) is 4.83. The zero-order valence-corrected chi connectivity index (χ0v) is 10.2. The van der Waals surface area contributed by atoms with E-state index in [1.54, 1.807) is 0 Å². The fourth-order valence-corrected chi connectivity index (χ4v) is 2.00. The minimum atomic E-state index is -4.56. The highest BCUT2D eigenvalue weighted by Gasteiger charge is 2.34. The molecule has 1 aromatic carbocycles. The van der Waals surface area contributed by atoms with Crippen LogP contribution < -0.4 is 0 Å². The van der Waals surface area contributed by atoms with Crippen molar-refractivity contribution in [3.05, 3.63) is 35.9 Å². The Hall–Kier alpha value is -1.03. The molecule has 0 bridgehead atoms. The van der Waals surface area contributed by atoms with E-state index in [9.17, 15) is 13.2 Å². The topological polar surface area (TPSA) is 9.23 Å². The van der Waals surface area contributed by atoms with Gasteiger partial charge in [0.2, 0.25) is 0 Å². The van der Waals surface area contributed by atoms with Gasteiger partial charge in [0, 0.05) is 0 Å². The number of halogens is 3. The number of hydrogen-bond donors (Lipinski definition) is 0. The molecule has 96 valence electrons. The smallest absolute Gasteiger partial charge is 0.289 e. The Kier molecular flexibility index (Phi) is 4.20. The molecule has 0 aliphatic heterocycles. The van der Waals surface area contributed by atoms with Gasteiger partial charge in [0.1, 0.15) is 0 Å². The molecule has 0 radical (unpaired) electrons. The Bertz CT molecular complexity index is 343. The van der Waals surface area contributed by atoms with Gasteiger partial charge in [0.05, 0.1) is 6.10 Å². The highest BCUT2D eigenvalue weighted by molar-refractivity contribution is 5.23. The first kappa shape index (κ1) is 14.0. The largest absolute Gasteiger partial charge is 0.522 e. The van der Waals surface area contributed by atoms with Crippen molar-refractivity contribution in [1.82, 2.24) is 0 Å². The molecule has 17 heavy (non-hydrogen) atoms. The van der Waals surface area contributed by atoms with Crippen molar-refractivity contribution in [1.29, 1.82) is 0 Å². The molecular weight excluding hydrogens is 229 g/mol. The van der Waals surface area contributed by atoms with Crippen LogP contribution in [-0.2, 0) is 10.2 Å². The Morgan fingerprint density at radius 1 is 1.12 bits per heavy atom. The summed E-state index contributed by atoms with van der Waals surface area (Å²) in [5.74, 6) is 0. The highest BCUT2D eigenvalue weighted by Crippen LogP contribution is 2.31. The summed E-state index contributed by atoms with van der Waals surface area (Å²) in [7, 11) is 0. The molecule has 0 amide bonds. The van der Waals surface area contributed by atoms with E-state index in [2.05, 4.69) is 4.74 Å². The van der Waals surface area contributed by atoms with Gasteiger partial charge in [-0.25, -0.2) is 0 Å². The maximum Gasteiger partial charge on any atom is 0.522 e. The maximum atomic E-state index is 12.1. The molecule has 1 rings (SSSR count). The van der Waals surface area contributed by atoms with Crippen LogP contribution in [0.4, 0.5) is 13.2 Å². The lowest BCUT2D eigenvalue weighted by molar-refractivity contribution is -0.341. The van der Waals surface area contributed by atoms with Gasteiger partial charge in [-0.1, -0.05) is 44.2 Å². The molecular formula is C13H17F3O. The van der Waals surface area contributed by atoms with E-state index in [0.29, 0.717) is 6.42 Å². The summed E-state index contributed by atoms with van der Waals surface area (Å²) in [5.41, 5.74) is 0.670. The van der Waals surface area contributed by atoms with Crippen LogP contribution in [0.1, 0.15) is 32.8 Å². The number of rotatable bonds is 4. The molecule has 0 fully saturated rings. The van der Waals surface area contributed by atoms with Crippen LogP contribution in [0, 0.1) is 0 Å². The van der Waals surface area contributed by atoms with Gasteiger partial charge in [-0.15, -0.1) is 13.2 Å². The molecule has 1 atom stereocenters. The van der Waals surface area contributed by atoms with Crippen molar-refractivity contribution in [3.63, 3.8) is 0 Å². The maximum absolute atomic E-state index is 12.1.